The maximum absolute atomic E-state index is 13.5. The zero-order valence-electron chi connectivity index (χ0n) is 13.4. The molecule has 27 heavy (non-hydrogen) atoms. The van der Waals surface area contributed by atoms with Gasteiger partial charge in [0.15, 0.2) is 11.5 Å². The highest BCUT2D eigenvalue weighted by molar-refractivity contribution is 9.10. The number of nitrogens with two attached hydrogens (primary N) is 1. The van der Waals surface area contributed by atoms with Crippen molar-refractivity contribution in [3.05, 3.63) is 50.7 Å². The first kappa shape index (κ1) is 21.0. The third-order valence-electron chi connectivity index (χ3n) is 3.36. The van der Waals surface area contributed by atoms with Crippen molar-refractivity contribution >= 4 is 50.6 Å². The Kier molecular flexibility index (Phi) is 6.01. The van der Waals surface area contributed by atoms with Crippen LogP contribution in [-0.4, -0.2) is 25.0 Å². The standard InChI is InChI=1S/C16H10BrClF4N2O3/c1-27-14-10(24-15(26)16(20,21)22)5-9(23)11(12(14)17)13(25)7-4-6(19)2-3-8(7)18/h2-5H,23H2,1H3,(H,24,26). The number of ketones is 1. The highest BCUT2D eigenvalue weighted by Gasteiger charge is 2.39. The molecule has 0 heterocycles. The van der Waals surface area contributed by atoms with Gasteiger partial charge in [-0.05, 0) is 40.2 Å². The average molecular weight is 470 g/mol. The number of hydrogen-bond acceptors (Lipinski definition) is 4. The van der Waals surface area contributed by atoms with E-state index in [1.165, 1.54) is 6.07 Å². The number of hydrogen-bond donors (Lipinski definition) is 2. The third kappa shape index (κ3) is 4.33. The summed E-state index contributed by atoms with van der Waals surface area (Å²) in [5.74, 6) is -4.05. The largest absolute Gasteiger partial charge is 0.493 e. The molecule has 0 unspecified atom stereocenters. The maximum atomic E-state index is 13.5. The van der Waals surface area contributed by atoms with E-state index in [1.54, 1.807) is 5.32 Å². The number of nitrogen functional groups attached to an aromatic ring is 1. The summed E-state index contributed by atoms with van der Waals surface area (Å²) in [6, 6.07) is 4.03. The van der Waals surface area contributed by atoms with E-state index in [0.717, 1.165) is 25.3 Å². The molecule has 0 aliphatic heterocycles. The van der Waals surface area contributed by atoms with Crippen LogP contribution in [0.1, 0.15) is 15.9 Å². The van der Waals surface area contributed by atoms with Crippen molar-refractivity contribution in [2.24, 2.45) is 0 Å². The summed E-state index contributed by atoms with van der Waals surface area (Å²) in [5, 5.41) is 1.56. The number of rotatable bonds is 4. The molecule has 5 nitrogen and oxygen atoms in total. The quantitative estimate of drug-likeness (QED) is 0.391. The normalized spacial score (nSPS) is 11.2. The molecule has 2 aromatic carbocycles. The topological polar surface area (TPSA) is 81.4 Å². The van der Waals surface area contributed by atoms with Gasteiger partial charge in [0.1, 0.15) is 5.82 Å². The zero-order chi connectivity index (χ0) is 20.5. The Morgan fingerprint density at radius 3 is 2.44 bits per heavy atom. The molecular weight excluding hydrogens is 460 g/mol. The molecule has 1 amide bonds. The molecule has 0 aromatic heterocycles. The van der Waals surface area contributed by atoms with Crippen molar-refractivity contribution < 1.29 is 31.9 Å². The lowest BCUT2D eigenvalue weighted by molar-refractivity contribution is -0.167. The molecule has 0 atom stereocenters. The minimum absolute atomic E-state index is 0.0545. The first-order valence-electron chi connectivity index (χ1n) is 7.01. The highest BCUT2D eigenvalue weighted by atomic mass is 79.9. The smallest absolute Gasteiger partial charge is 0.471 e. The number of methoxy groups -OCH3 is 1. The minimum Gasteiger partial charge on any atom is -0.493 e. The van der Waals surface area contributed by atoms with Crippen LogP contribution in [0.3, 0.4) is 0 Å². The number of nitrogens with one attached hydrogen (secondary N) is 1. The molecule has 3 N–H and O–H groups in total. The van der Waals surface area contributed by atoms with Crippen molar-refractivity contribution in [1.82, 2.24) is 0 Å². The lowest BCUT2D eigenvalue weighted by Gasteiger charge is -2.17. The second-order valence-corrected chi connectivity index (χ2v) is 6.34. The van der Waals surface area contributed by atoms with Crippen molar-refractivity contribution in [3.63, 3.8) is 0 Å². The fraction of sp³-hybridized carbons (Fsp3) is 0.125. The van der Waals surface area contributed by atoms with Crippen LogP contribution in [0.15, 0.2) is 28.7 Å². The lowest BCUT2D eigenvalue weighted by Crippen LogP contribution is -2.30. The third-order valence-corrected chi connectivity index (χ3v) is 4.45. The van der Waals surface area contributed by atoms with E-state index in [2.05, 4.69) is 15.9 Å². The van der Waals surface area contributed by atoms with E-state index in [0.29, 0.717) is 0 Å². The van der Waals surface area contributed by atoms with Gasteiger partial charge in [0.2, 0.25) is 0 Å². The van der Waals surface area contributed by atoms with Crippen LogP contribution in [0.5, 0.6) is 5.75 Å². The Balaban J connectivity index is 2.58. The summed E-state index contributed by atoms with van der Waals surface area (Å²) in [5.41, 5.74) is 4.66. The number of carbonyl (C=O) groups excluding carboxylic acids is 2. The Labute approximate surface area is 163 Å². The van der Waals surface area contributed by atoms with Crippen molar-refractivity contribution in [2.45, 2.75) is 6.18 Å². The molecule has 2 aromatic rings. The fourth-order valence-electron chi connectivity index (χ4n) is 2.17. The SMILES string of the molecule is COc1c(NC(=O)C(F)(F)F)cc(N)c(C(=O)c2cc(F)ccc2Cl)c1Br. The van der Waals surface area contributed by atoms with Gasteiger partial charge < -0.3 is 15.8 Å². The molecule has 0 saturated carbocycles. The van der Waals surface area contributed by atoms with Crippen LogP contribution in [0.4, 0.5) is 28.9 Å². The Morgan fingerprint density at radius 2 is 1.89 bits per heavy atom. The summed E-state index contributed by atoms with van der Waals surface area (Å²) < 4.78 is 55.8. The molecular formula is C16H10BrClF4N2O3. The first-order chi connectivity index (χ1) is 12.5. The van der Waals surface area contributed by atoms with E-state index in [4.69, 9.17) is 22.1 Å². The minimum atomic E-state index is -5.14. The van der Waals surface area contributed by atoms with Crippen molar-refractivity contribution in [1.29, 1.82) is 0 Å². The van der Waals surface area contributed by atoms with Gasteiger partial charge in [-0.15, -0.1) is 0 Å². The van der Waals surface area contributed by atoms with Gasteiger partial charge in [-0.1, -0.05) is 11.6 Å². The first-order valence-corrected chi connectivity index (χ1v) is 8.18. The predicted octanol–water partition coefficient (Wildman–Crippen LogP) is 4.56. The molecule has 2 rings (SSSR count). The number of ether oxygens (including phenoxy) is 1. The molecule has 0 fully saturated rings. The van der Waals surface area contributed by atoms with Gasteiger partial charge >= 0.3 is 12.1 Å². The van der Waals surface area contributed by atoms with Crippen molar-refractivity contribution in [3.8, 4) is 5.75 Å². The van der Waals surface area contributed by atoms with Crippen LogP contribution in [0, 0.1) is 5.82 Å². The molecule has 11 heteroatoms. The monoisotopic (exact) mass is 468 g/mol. The number of alkyl halides is 3. The van der Waals surface area contributed by atoms with E-state index in [-0.39, 0.29) is 32.1 Å². The van der Waals surface area contributed by atoms with E-state index >= 15 is 0 Å². The van der Waals surface area contributed by atoms with Crippen LogP contribution in [0.25, 0.3) is 0 Å². The molecule has 144 valence electrons. The van der Waals surface area contributed by atoms with E-state index in [9.17, 15) is 27.2 Å². The zero-order valence-corrected chi connectivity index (χ0v) is 15.7. The summed E-state index contributed by atoms with van der Waals surface area (Å²) in [7, 11) is 1.11. The lowest BCUT2D eigenvalue weighted by atomic mass is 10.0. The second kappa shape index (κ2) is 7.73. The molecule has 0 radical (unpaired) electrons. The highest BCUT2D eigenvalue weighted by Crippen LogP contribution is 2.41. The van der Waals surface area contributed by atoms with E-state index < -0.39 is 29.4 Å². The summed E-state index contributed by atoms with van der Waals surface area (Å²) in [6.45, 7) is 0. The molecule has 0 bridgehead atoms. The number of carbonyl (C=O) groups is 2. The van der Waals surface area contributed by atoms with E-state index in [1.807, 2.05) is 0 Å². The Hall–Kier alpha value is -2.33. The van der Waals surface area contributed by atoms with Gasteiger partial charge in [-0.25, -0.2) is 4.39 Å². The summed E-state index contributed by atoms with van der Waals surface area (Å²) in [6.07, 6.45) is -5.14. The van der Waals surface area contributed by atoms with Crippen LogP contribution >= 0.6 is 27.5 Å². The summed E-state index contributed by atoms with van der Waals surface area (Å²) in [4.78, 5) is 23.9. The number of benzene rings is 2. The Morgan fingerprint density at radius 1 is 1.26 bits per heavy atom. The fourth-order valence-corrected chi connectivity index (χ4v) is 3.16. The van der Waals surface area contributed by atoms with Crippen LogP contribution in [0.2, 0.25) is 5.02 Å². The van der Waals surface area contributed by atoms with Gasteiger partial charge in [0, 0.05) is 11.3 Å². The Bertz CT molecular complexity index is 935. The molecule has 0 saturated heterocycles. The summed E-state index contributed by atoms with van der Waals surface area (Å²) >= 11 is 8.94. The van der Waals surface area contributed by atoms with Crippen molar-refractivity contribution in [2.75, 3.05) is 18.2 Å². The molecule has 0 aliphatic rings. The average Bonchev–Trinajstić information content (AvgIpc) is 2.56. The van der Waals surface area contributed by atoms with Gasteiger partial charge in [0.05, 0.1) is 27.9 Å². The van der Waals surface area contributed by atoms with Crippen LogP contribution < -0.4 is 15.8 Å². The van der Waals surface area contributed by atoms with Gasteiger partial charge in [0.25, 0.3) is 0 Å². The molecule has 0 aliphatic carbocycles. The second-order valence-electron chi connectivity index (χ2n) is 5.14. The number of halogens is 6. The number of amides is 1. The number of anilines is 2. The van der Waals surface area contributed by atoms with Crippen LogP contribution in [-0.2, 0) is 4.79 Å². The maximum Gasteiger partial charge on any atom is 0.471 e. The van der Waals surface area contributed by atoms with Gasteiger partial charge in [-0.2, -0.15) is 13.2 Å². The molecule has 0 spiro atoms. The predicted molar refractivity (Wildman–Crippen MR) is 94.6 cm³/mol. The van der Waals surface area contributed by atoms with Gasteiger partial charge in [-0.3, -0.25) is 9.59 Å².